The Balaban J connectivity index is 1.48. The lowest BCUT2D eigenvalue weighted by atomic mass is 10.1. The molecule has 4 aromatic rings. The third-order valence-electron chi connectivity index (χ3n) is 4.78. The van der Waals surface area contributed by atoms with Gasteiger partial charge in [-0.15, -0.1) is 11.3 Å². The highest BCUT2D eigenvalue weighted by Gasteiger charge is 2.12. The van der Waals surface area contributed by atoms with Crippen LogP contribution in [0.3, 0.4) is 0 Å². The van der Waals surface area contributed by atoms with Crippen LogP contribution in [0.5, 0.6) is 0 Å². The number of thiazole rings is 1. The number of imidazole rings is 1. The largest absolute Gasteiger partial charge is 0.326 e. The first-order chi connectivity index (χ1) is 13.5. The van der Waals surface area contributed by atoms with E-state index in [9.17, 15) is 4.79 Å². The van der Waals surface area contributed by atoms with E-state index in [4.69, 9.17) is 11.6 Å². The standard InChI is InChI=1S/C22H20ClN3OS/c1-14-4-3-5-15(2)21(14)25-20(27)11-10-18-13-28-22-24-19(12-26(18)22)16-6-8-17(23)9-7-16/h3-9,12-13H,10-11H2,1-2H3,(H,25,27). The van der Waals surface area contributed by atoms with Gasteiger partial charge in [0.2, 0.25) is 5.91 Å². The number of nitrogens with zero attached hydrogens (tertiary/aromatic N) is 2. The van der Waals surface area contributed by atoms with Crippen LogP contribution in [0.25, 0.3) is 16.2 Å². The fourth-order valence-electron chi connectivity index (χ4n) is 3.22. The number of carbonyl (C=O) groups is 1. The molecule has 4 nitrogen and oxygen atoms in total. The number of benzene rings is 2. The Bertz CT molecular complexity index is 1120. The van der Waals surface area contributed by atoms with Gasteiger partial charge in [-0.1, -0.05) is 41.9 Å². The van der Waals surface area contributed by atoms with Crippen molar-refractivity contribution in [3.63, 3.8) is 0 Å². The maximum atomic E-state index is 12.5. The predicted octanol–water partition coefficient (Wildman–Crippen LogP) is 5.90. The van der Waals surface area contributed by atoms with E-state index in [1.807, 2.05) is 62.5 Å². The van der Waals surface area contributed by atoms with Gasteiger partial charge in [-0.3, -0.25) is 9.20 Å². The lowest BCUT2D eigenvalue weighted by Gasteiger charge is -2.11. The first-order valence-electron chi connectivity index (χ1n) is 9.09. The number of para-hydroxylation sites is 1. The lowest BCUT2D eigenvalue weighted by Crippen LogP contribution is -2.14. The highest BCUT2D eigenvalue weighted by molar-refractivity contribution is 7.15. The average Bonchev–Trinajstić information content (AvgIpc) is 3.25. The summed E-state index contributed by atoms with van der Waals surface area (Å²) < 4.78 is 2.07. The highest BCUT2D eigenvalue weighted by atomic mass is 35.5. The third kappa shape index (κ3) is 3.81. The molecule has 0 aliphatic carbocycles. The minimum Gasteiger partial charge on any atom is -0.326 e. The normalized spacial score (nSPS) is 11.1. The van der Waals surface area contributed by atoms with Gasteiger partial charge in [0.15, 0.2) is 4.96 Å². The second kappa shape index (κ2) is 7.78. The number of carbonyl (C=O) groups excluding carboxylic acids is 1. The molecule has 4 rings (SSSR count). The summed E-state index contributed by atoms with van der Waals surface area (Å²) in [5.41, 5.74) is 6.09. The van der Waals surface area contributed by atoms with Gasteiger partial charge in [-0.25, -0.2) is 4.98 Å². The van der Waals surface area contributed by atoms with Crippen LogP contribution < -0.4 is 5.32 Å². The van der Waals surface area contributed by atoms with Gasteiger partial charge in [0, 0.05) is 40.0 Å². The Morgan fingerprint density at radius 1 is 1.14 bits per heavy atom. The van der Waals surface area contributed by atoms with E-state index in [0.29, 0.717) is 17.9 Å². The molecule has 0 unspecified atom stereocenters. The zero-order chi connectivity index (χ0) is 19.7. The molecule has 0 bridgehead atoms. The lowest BCUT2D eigenvalue weighted by molar-refractivity contribution is -0.116. The van der Waals surface area contributed by atoms with Crippen LogP contribution in [0.4, 0.5) is 5.69 Å². The number of aromatic nitrogens is 2. The van der Waals surface area contributed by atoms with E-state index in [-0.39, 0.29) is 5.91 Å². The third-order valence-corrected chi connectivity index (χ3v) is 5.92. The summed E-state index contributed by atoms with van der Waals surface area (Å²) in [7, 11) is 0. The summed E-state index contributed by atoms with van der Waals surface area (Å²) >= 11 is 7.56. The zero-order valence-electron chi connectivity index (χ0n) is 15.7. The quantitative estimate of drug-likeness (QED) is 0.445. The molecular formula is C22H20ClN3OS. The molecule has 0 aliphatic rings. The number of anilines is 1. The van der Waals surface area contributed by atoms with Gasteiger partial charge >= 0.3 is 0 Å². The first kappa shape index (κ1) is 18.7. The van der Waals surface area contributed by atoms with Gasteiger partial charge in [0.25, 0.3) is 0 Å². The maximum Gasteiger partial charge on any atom is 0.224 e. The van der Waals surface area contributed by atoms with Crippen LogP contribution in [-0.2, 0) is 11.2 Å². The molecule has 0 radical (unpaired) electrons. The van der Waals surface area contributed by atoms with Crippen molar-refractivity contribution in [2.24, 2.45) is 0 Å². The van der Waals surface area contributed by atoms with Crippen LogP contribution in [-0.4, -0.2) is 15.3 Å². The average molecular weight is 410 g/mol. The van der Waals surface area contributed by atoms with E-state index in [1.165, 1.54) is 0 Å². The van der Waals surface area contributed by atoms with Crippen molar-refractivity contribution in [2.45, 2.75) is 26.7 Å². The van der Waals surface area contributed by atoms with Crippen molar-refractivity contribution in [3.8, 4) is 11.3 Å². The molecule has 28 heavy (non-hydrogen) atoms. The molecule has 0 saturated carbocycles. The van der Waals surface area contributed by atoms with E-state index in [1.54, 1.807) is 11.3 Å². The number of hydrogen-bond acceptors (Lipinski definition) is 3. The molecule has 1 amide bonds. The molecule has 0 atom stereocenters. The fraction of sp³-hybridized carbons (Fsp3) is 0.182. The molecule has 2 heterocycles. The predicted molar refractivity (Wildman–Crippen MR) is 116 cm³/mol. The molecule has 142 valence electrons. The number of amides is 1. The molecule has 0 fully saturated rings. The van der Waals surface area contributed by atoms with Crippen molar-refractivity contribution in [3.05, 3.63) is 75.9 Å². The Hall–Kier alpha value is -2.63. The van der Waals surface area contributed by atoms with Crippen molar-refractivity contribution in [1.29, 1.82) is 0 Å². The first-order valence-corrected chi connectivity index (χ1v) is 10.3. The van der Waals surface area contributed by atoms with Gasteiger partial charge in [-0.05, 0) is 43.5 Å². The molecule has 1 N–H and O–H groups in total. The van der Waals surface area contributed by atoms with E-state index in [2.05, 4.69) is 20.1 Å². The molecule has 2 aromatic heterocycles. The summed E-state index contributed by atoms with van der Waals surface area (Å²) in [6.07, 6.45) is 3.11. The van der Waals surface area contributed by atoms with Gasteiger partial charge in [0.05, 0.1) is 5.69 Å². The number of fused-ring (bicyclic) bond motifs is 1. The minimum atomic E-state index is 0.0230. The summed E-state index contributed by atoms with van der Waals surface area (Å²) in [4.78, 5) is 18.1. The van der Waals surface area contributed by atoms with Crippen molar-refractivity contribution in [1.82, 2.24) is 9.38 Å². The number of nitrogens with one attached hydrogen (secondary N) is 1. The zero-order valence-corrected chi connectivity index (χ0v) is 17.3. The molecule has 2 aromatic carbocycles. The summed E-state index contributed by atoms with van der Waals surface area (Å²) in [6.45, 7) is 4.02. The summed E-state index contributed by atoms with van der Waals surface area (Å²) in [5.74, 6) is 0.0230. The Morgan fingerprint density at radius 2 is 1.86 bits per heavy atom. The minimum absolute atomic E-state index is 0.0230. The maximum absolute atomic E-state index is 12.5. The van der Waals surface area contributed by atoms with Crippen molar-refractivity contribution >= 4 is 39.5 Å². The van der Waals surface area contributed by atoms with Crippen molar-refractivity contribution in [2.75, 3.05) is 5.32 Å². The number of aryl methyl sites for hydroxylation is 3. The topological polar surface area (TPSA) is 46.4 Å². The summed E-state index contributed by atoms with van der Waals surface area (Å²) in [6, 6.07) is 13.7. The van der Waals surface area contributed by atoms with Gasteiger partial charge in [0.1, 0.15) is 0 Å². The highest BCUT2D eigenvalue weighted by Crippen LogP contribution is 2.26. The second-order valence-corrected chi connectivity index (χ2v) is 8.10. The Kier molecular flexibility index (Phi) is 5.20. The smallest absolute Gasteiger partial charge is 0.224 e. The van der Waals surface area contributed by atoms with Crippen LogP contribution in [0.2, 0.25) is 5.02 Å². The van der Waals surface area contributed by atoms with E-state index < -0.39 is 0 Å². The van der Waals surface area contributed by atoms with E-state index >= 15 is 0 Å². The number of rotatable bonds is 5. The molecule has 0 saturated heterocycles. The number of halogens is 1. The number of hydrogen-bond donors (Lipinski definition) is 1. The molecule has 0 aliphatic heterocycles. The van der Waals surface area contributed by atoms with E-state index in [0.717, 1.165) is 38.7 Å². The molecule has 0 spiro atoms. The Labute approximate surface area is 172 Å². The monoisotopic (exact) mass is 409 g/mol. The molecule has 6 heteroatoms. The fourth-order valence-corrected chi connectivity index (χ4v) is 4.26. The summed E-state index contributed by atoms with van der Waals surface area (Å²) in [5, 5.41) is 5.83. The van der Waals surface area contributed by atoms with Crippen LogP contribution in [0.15, 0.2) is 54.0 Å². The SMILES string of the molecule is Cc1cccc(C)c1NC(=O)CCc1csc2nc(-c3ccc(Cl)cc3)cn12. The van der Waals surface area contributed by atoms with Crippen molar-refractivity contribution < 1.29 is 4.79 Å². The second-order valence-electron chi connectivity index (χ2n) is 6.83. The van der Waals surface area contributed by atoms with Crippen LogP contribution >= 0.6 is 22.9 Å². The Morgan fingerprint density at radius 3 is 2.57 bits per heavy atom. The van der Waals surface area contributed by atoms with Crippen LogP contribution in [0.1, 0.15) is 23.2 Å². The van der Waals surface area contributed by atoms with Gasteiger partial charge < -0.3 is 5.32 Å². The molecular weight excluding hydrogens is 390 g/mol. The van der Waals surface area contributed by atoms with Crippen LogP contribution in [0, 0.1) is 13.8 Å². The van der Waals surface area contributed by atoms with Gasteiger partial charge in [-0.2, -0.15) is 0 Å².